The van der Waals surface area contributed by atoms with E-state index in [-0.39, 0.29) is 23.7 Å². The molecule has 0 aliphatic carbocycles. The summed E-state index contributed by atoms with van der Waals surface area (Å²) in [5.41, 5.74) is 2.58. The van der Waals surface area contributed by atoms with E-state index in [9.17, 15) is 19.8 Å². The molecule has 1 saturated heterocycles. The number of aliphatic hydroxyl groups is 1. The number of aliphatic hydroxyl groups excluding tert-OH is 1. The van der Waals surface area contributed by atoms with Gasteiger partial charge < -0.3 is 15.1 Å². The Labute approximate surface area is 151 Å². The van der Waals surface area contributed by atoms with Gasteiger partial charge in [-0.2, -0.15) is 5.10 Å². The minimum atomic E-state index is -1.10. The van der Waals surface area contributed by atoms with Crippen molar-refractivity contribution in [1.29, 1.82) is 0 Å². The zero-order valence-corrected chi connectivity index (χ0v) is 14.7. The van der Waals surface area contributed by atoms with Gasteiger partial charge in [-0.05, 0) is 38.0 Å². The fourth-order valence-electron chi connectivity index (χ4n) is 4.35. The number of fused-ring (bicyclic) bond motifs is 1. The lowest BCUT2D eigenvalue weighted by molar-refractivity contribution is -0.161. The molecule has 0 unspecified atom stereocenters. The number of benzene rings is 1. The van der Waals surface area contributed by atoms with Gasteiger partial charge in [0.1, 0.15) is 5.70 Å². The van der Waals surface area contributed by atoms with E-state index in [0.29, 0.717) is 18.4 Å². The first-order chi connectivity index (χ1) is 12.4. The molecule has 0 bridgehead atoms. The van der Waals surface area contributed by atoms with Crippen molar-refractivity contribution in [3.05, 3.63) is 41.6 Å². The Hall–Kier alpha value is -2.67. The van der Waals surface area contributed by atoms with Crippen LogP contribution in [0, 0.1) is 5.92 Å². The van der Waals surface area contributed by atoms with E-state index in [1.807, 2.05) is 42.3 Å². The SMILES string of the molecule is CC1=NN(c2ccccc2)[C@H](C2=C(C(=O)O)N3C(=O)[C@H]([C@@H](C)O)[C@H]3C2)C1. The van der Waals surface area contributed by atoms with Gasteiger partial charge in [-0.3, -0.25) is 9.80 Å². The number of aliphatic carboxylic acids is 1. The van der Waals surface area contributed by atoms with Crippen LogP contribution in [0.25, 0.3) is 0 Å². The number of carbonyl (C=O) groups is 2. The maximum Gasteiger partial charge on any atom is 0.352 e. The van der Waals surface area contributed by atoms with E-state index >= 15 is 0 Å². The van der Waals surface area contributed by atoms with E-state index in [1.54, 1.807) is 6.92 Å². The van der Waals surface area contributed by atoms with Crippen molar-refractivity contribution < 1.29 is 19.8 Å². The smallest absolute Gasteiger partial charge is 0.352 e. The highest BCUT2D eigenvalue weighted by Crippen LogP contribution is 2.46. The number of hydrogen-bond acceptors (Lipinski definition) is 5. The molecule has 0 aromatic heterocycles. The summed E-state index contributed by atoms with van der Waals surface area (Å²) in [6.07, 6.45) is 0.291. The van der Waals surface area contributed by atoms with Crippen molar-refractivity contribution >= 4 is 23.3 Å². The Balaban J connectivity index is 1.72. The maximum atomic E-state index is 12.4. The number of carbonyl (C=O) groups excluding carboxylic acids is 1. The van der Waals surface area contributed by atoms with Gasteiger partial charge in [-0.1, -0.05) is 18.2 Å². The van der Waals surface area contributed by atoms with Gasteiger partial charge in [0, 0.05) is 12.1 Å². The Kier molecular flexibility index (Phi) is 3.84. The van der Waals surface area contributed by atoms with Gasteiger partial charge in [0.15, 0.2) is 0 Å². The van der Waals surface area contributed by atoms with Crippen LogP contribution >= 0.6 is 0 Å². The highest BCUT2D eigenvalue weighted by molar-refractivity contribution is 6.00. The fourth-order valence-corrected chi connectivity index (χ4v) is 4.35. The third-order valence-corrected chi connectivity index (χ3v) is 5.45. The molecule has 3 aliphatic rings. The van der Waals surface area contributed by atoms with Gasteiger partial charge in [0.05, 0.1) is 29.8 Å². The molecule has 1 amide bonds. The van der Waals surface area contributed by atoms with Crippen LogP contribution in [0.3, 0.4) is 0 Å². The summed E-state index contributed by atoms with van der Waals surface area (Å²) < 4.78 is 0. The van der Waals surface area contributed by atoms with Gasteiger partial charge in [0.2, 0.25) is 5.91 Å². The number of hydrazone groups is 1. The molecule has 0 saturated carbocycles. The van der Waals surface area contributed by atoms with Crippen LogP contribution in [0.15, 0.2) is 46.7 Å². The van der Waals surface area contributed by atoms with Crippen molar-refractivity contribution in [2.24, 2.45) is 11.0 Å². The second kappa shape index (κ2) is 5.95. The number of nitrogens with zero attached hydrogens (tertiary/aromatic N) is 3. The summed E-state index contributed by atoms with van der Waals surface area (Å²) in [5, 5.41) is 26.1. The van der Waals surface area contributed by atoms with E-state index < -0.39 is 18.0 Å². The van der Waals surface area contributed by atoms with E-state index in [1.165, 1.54) is 4.90 Å². The molecule has 136 valence electrons. The second-order valence-corrected chi connectivity index (χ2v) is 7.16. The zero-order valence-electron chi connectivity index (χ0n) is 14.7. The van der Waals surface area contributed by atoms with Crippen molar-refractivity contribution in [3.8, 4) is 0 Å². The Morgan fingerprint density at radius 3 is 2.58 bits per heavy atom. The van der Waals surface area contributed by atoms with E-state index in [0.717, 1.165) is 11.4 Å². The standard InChI is InChI=1S/C19H21N3O4/c1-10-8-14(22(20-10)12-6-4-3-5-7-12)13-9-15-16(11(2)23)18(24)21(15)17(13)19(25)26/h3-7,11,14-16,23H,8-9H2,1-2H3,(H,25,26)/t11-,14+,15-,16-/m1/s1. The lowest BCUT2D eigenvalue weighted by Crippen LogP contribution is -2.61. The van der Waals surface area contributed by atoms with Crippen LogP contribution in [0.5, 0.6) is 0 Å². The Bertz CT molecular complexity index is 830. The lowest BCUT2D eigenvalue weighted by atomic mass is 9.82. The predicted molar refractivity (Wildman–Crippen MR) is 95.5 cm³/mol. The highest BCUT2D eigenvalue weighted by Gasteiger charge is 2.58. The van der Waals surface area contributed by atoms with Gasteiger partial charge in [0.25, 0.3) is 0 Å². The van der Waals surface area contributed by atoms with Crippen LogP contribution in [-0.4, -0.2) is 50.9 Å². The zero-order chi connectivity index (χ0) is 18.6. The molecule has 2 N–H and O–H groups in total. The van der Waals surface area contributed by atoms with Crippen molar-refractivity contribution in [2.75, 3.05) is 5.01 Å². The average molecular weight is 355 g/mol. The summed E-state index contributed by atoms with van der Waals surface area (Å²) in [5.74, 6) is -1.94. The van der Waals surface area contributed by atoms with Gasteiger partial charge in [-0.25, -0.2) is 4.79 Å². The number of β-lactam (4-membered cyclic amide) rings is 1. The summed E-state index contributed by atoms with van der Waals surface area (Å²) in [4.78, 5) is 25.7. The molecule has 3 aliphatic heterocycles. The number of carboxylic acids is 1. The van der Waals surface area contributed by atoms with Gasteiger partial charge in [-0.15, -0.1) is 0 Å². The molecule has 1 fully saturated rings. The number of rotatable bonds is 4. The first kappa shape index (κ1) is 16.8. The summed E-state index contributed by atoms with van der Waals surface area (Å²) in [6.45, 7) is 3.50. The molecular formula is C19H21N3O4. The van der Waals surface area contributed by atoms with Crippen LogP contribution in [0.1, 0.15) is 26.7 Å². The van der Waals surface area contributed by atoms with Crippen LogP contribution < -0.4 is 5.01 Å². The molecule has 7 heteroatoms. The molecule has 26 heavy (non-hydrogen) atoms. The summed E-state index contributed by atoms with van der Waals surface area (Å²) in [6, 6.07) is 9.11. The molecule has 4 atom stereocenters. The third kappa shape index (κ3) is 2.34. The maximum absolute atomic E-state index is 12.4. The number of carboxylic acid groups (broad SMARTS) is 1. The van der Waals surface area contributed by atoms with Gasteiger partial charge >= 0.3 is 5.97 Å². The number of para-hydroxylation sites is 1. The van der Waals surface area contributed by atoms with Crippen molar-refractivity contribution in [2.45, 2.75) is 44.9 Å². The monoisotopic (exact) mass is 355 g/mol. The Morgan fingerprint density at radius 1 is 1.27 bits per heavy atom. The number of anilines is 1. The topological polar surface area (TPSA) is 93.4 Å². The quantitative estimate of drug-likeness (QED) is 0.800. The lowest BCUT2D eigenvalue weighted by Gasteiger charge is -2.44. The third-order valence-electron chi connectivity index (χ3n) is 5.45. The fraction of sp³-hybridized carbons (Fsp3) is 0.421. The molecular weight excluding hydrogens is 334 g/mol. The molecule has 0 spiro atoms. The molecule has 3 heterocycles. The highest BCUT2D eigenvalue weighted by atomic mass is 16.4. The molecule has 1 aromatic rings. The summed E-state index contributed by atoms with van der Waals surface area (Å²) in [7, 11) is 0. The van der Waals surface area contributed by atoms with E-state index in [2.05, 4.69) is 5.10 Å². The minimum absolute atomic E-state index is 0.0627. The Morgan fingerprint density at radius 2 is 1.96 bits per heavy atom. The van der Waals surface area contributed by atoms with Crippen LogP contribution in [-0.2, 0) is 9.59 Å². The van der Waals surface area contributed by atoms with E-state index in [4.69, 9.17) is 0 Å². The summed E-state index contributed by atoms with van der Waals surface area (Å²) >= 11 is 0. The molecule has 1 aromatic carbocycles. The molecule has 4 rings (SSSR count). The minimum Gasteiger partial charge on any atom is -0.477 e. The van der Waals surface area contributed by atoms with Crippen molar-refractivity contribution in [3.63, 3.8) is 0 Å². The largest absolute Gasteiger partial charge is 0.477 e. The predicted octanol–water partition coefficient (Wildman–Crippen LogP) is 1.59. The second-order valence-electron chi connectivity index (χ2n) is 7.16. The first-order valence-corrected chi connectivity index (χ1v) is 8.76. The van der Waals surface area contributed by atoms with Crippen molar-refractivity contribution in [1.82, 2.24) is 4.90 Å². The van der Waals surface area contributed by atoms with Crippen LogP contribution in [0.2, 0.25) is 0 Å². The normalized spacial score (nSPS) is 28.8. The molecule has 7 nitrogen and oxygen atoms in total. The van der Waals surface area contributed by atoms with Crippen LogP contribution in [0.4, 0.5) is 5.69 Å². The molecule has 0 radical (unpaired) electrons. The number of hydrogen-bond donors (Lipinski definition) is 2. The number of amides is 1. The first-order valence-electron chi connectivity index (χ1n) is 8.76. The average Bonchev–Trinajstić information content (AvgIpc) is 3.13.